The smallest absolute Gasteiger partial charge is 0.0762 e. The van der Waals surface area contributed by atoms with Crippen molar-refractivity contribution in [2.24, 2.45) is 5.41 Å². The quantitative estimate of drug-likeness (QED) is 0.499. The lowest BCUT2D eigenvalue weighted by Crippen LogP contribution is -2.47. The Balaban J connectivity index is 1.56. The molecule has 0 amide bonds. The number of hydrogen-bond donors (Lipinski definition) is 0. The average molecular weight is 442 g/mol. The van der Waals surface area contributed by atoms with Gasteiger partial charge in [0.2, 0.25) is 0 Å². The summed E-state index contributed by atoms with van der Waals surface area (Å²) < 4.78 is 5.65. The van der Waals surface area contributed by atoms with Crippen molar-refractivity contribution in [2.45, 2.75) is 84.2 Å². The molecule has 3 fully saturated rings. The van der Waals surface area contributed by atoms with Crippen LogP contribution in [0.2, 0.25) is 0 Å². The van der Waals surface area contributed by atoms with Gasteiger partial charge in [0, 0.05) is 57.8 Å². The second kappa shape index (κ2) is 10.8. The third kappa shape index (κ3) is 5.12. The molecule has 180 valence electrons. The zero-order valence-corrected chi connectivity index (χ0v) is 21.2. The van der Waals surface area contributed by atoms with Crippen molar-refractivity contribution in [2.75, 3.05) is 62.7 Å². The molecule has 4 heteroatoms. The fraction of sp³-hybridized carbons (Fsp3) is 0.786. The zero-order valence-electron chi connectivity index (χ0n) is 21.2. The van der Waals surface area contributed by atoms with Gasteiger partial charge >= 0.3 is 0 Å². The van der Waals surface area contributed by atoms with E-state index < -0.39 is 0 Å². The second-order valence-electron chi connectivity index (χ2n) is 10.6. The van der Waals surface area contributed by atoms with Crippen LogP contribution in [0.4, 0.5) is 11.4 Å². The van der Waals surface area contributed by atoms with Gasteiger partial charge in [-0.05, 0) is 80.2 Å². The van der Waals surface area contributed by atoms with Crippen LogP contribution in [0.25, 0.3) is 0 Å². The van der Waals surface area contributed by atoms with Crippen LogP contribution in [0, 0.1) is 5.41 Å². The monoisotopic (exact) mass is 441 g/mol. The summed E-state index contributed by atoms with van der Waals surface area (Å²) in [5, 5.41) is 0. The van der Waals surface area contributed by atoms with E-state index in [0.29, 0.717) is 17.4 Å². The lowest BCUT2D eigenvalue weighted by atomic mass is 9.66. The van der Waals surface area contributed by atoms with Crippen LogP contribution in [-0.4, -0.2) is 63.9 Å². The Bertz CT molecular complexity index is 713. The molecule has 0 unspecified atom stereocenters. The van der Waals surface area contributed by atoms with E-state index in [2.05, 4.69) is 53.7 Å². The van der Waals surface area contributed by atoms with Gasteiger partial charge in [-0.15, -0.1) is 0 Å². The van der Waals surface area contributed by atoms with Crippen LogP contribution in [0.1, 0.15) is 83.6 Å². The predicted octanol–water partition coefficient (Wildman–Crippen LogP) is 5.91. The summed E-state index contributed by atoms with van der Waals surface area (Å²) in [5.74, 6) is 0.714. The number of benzene rings is 1. The summed E-state index contributed by atoms with van der Waals surface area (Å²) in [6.07, 6.45) is 11.0. The van der Waals surface area contributed by atoms with Crippen molar-refractivity contribution in [3.63, 3.8) is 0 Å². The van der Waals surface area contributed by atoms with Crippen molar-refractivity contribution in [3.05, 3.63) is 23.8 Å². The second-order valence-corrected chi connectivity index (χ2v) is 10.6. The molecule has 2 saturated heterocycles. The van der Waals surface area contributed by atoms with E-state index >= 15 is 0 Å². The first kappa shape index (κ1) is 23.9. The molecule has 2 aliphatic heterocycles. The SMILES string of the molecule is CCCN1CCN(c2ccc(N3CC[C@@H](OC)C3)cc2C2CCC(CC)(CC)CC2)CC1. The highest BCUT2D eigenvalue weighted by molar-refractivity contribution is 5.64. The highest BCUT2D eigenvalue weighted by atomic mass is 16.5. The number of methoxy groups -OCH3 is 1. The Kier molecular flexibility index (Phi) is 8.04. The number of nitrogens with zero attached hydrogens (tertiary/aromatic N) is 3. The van der Waals surface area contributed by atoms with Gasteiger partial charge in [0.25, 0.3) is 0 Å². The van der Waals surface area contributed by atoms with E-state index in [1.54, 1.807) is 5.56 Å². The topological polar surface area (TPSA) is 19.0 Å². The summed E-state index contributed by atoms with van der Waals surface area (Å²) in [4.78, 5) is 7.87. The van der Waals surface area contributed by atoms with E-state index in [-0.39, 0.29) is 0 Å². The van der Waals surface area contributed by atoms with Crippen molar-refractivity contribution >= 4 is 11.4 Å². The number of rotatable bonds is 8. The van der Waals surface area contributed by atoms with Gasteiger partial charge < -0.3 is 14.5 Å². The maximum Gasteiger partial charge on any atom is 0.0762 e. The zero-order chi connectivity index (χ0) is 22.6. The minimum atomic E-state index is 0.383. The van der Waals surface area contributed by atoms with Gasteiger partial charge in [0.1, 0.15) is 0 Å². The van der Waals surface area contributed by atoms with Gasteiger partial charge in [-0.3, -0.25) is 4.90 Å². The highest BCUT2D eigenvalue weighted by Crippen LogP contribution is 2.49. The van der Waals surface area contributed by atoms with Gasteiger partial charge in [-0.1, -0.05) is 33.6 Å². The molecule has 32 heavy (non-hydrogen) atoms. The normalized spacial score (nSPS) is 24.9. The lowest BCUT2D eigenvalue weighted by molar-refractivity contribution is 0.121. The number of hydrogen-bond acceptors (Lipinski definition) is 4. The summed E-state index contributed by atoms with van der Waals surface area (Å²) in [6, 6.07) is 7.42. The lowest BCUT2D eigenvalue weighted by Gasteiger charge is -2.42. The maximum absolute atomic E-state index is 5.65. The highest BCUT2D eigenvalue weighted by Gasteiger charge is 2.34. The molecular formula is C28H47N3O. The van der Waals surface area contributed by atoms with Crippen molar-refractivity contribution in [1.82, 2.24) is 4.90 Å². The molecule has 4 rings (SSSR count). The van der Waals surface area contributed by atoms with Crippen LogP contribution < -0.4 is 9.80 Å². The molecule has 3 aliphatic rings. The van der Waals surface area contributed by atoms with Crippen molar-refractivity contribution in [3.8, 4) is 0 Å². The van der Waals surface area contributed by atoms with Crippen molar-refractivity contribution < 1.29 is 4.74 Å². The molecule has 1 saturated carbocycles. The molecule has 1 aromatic carbocycles. The Labute approximate surface area is 197 Å². The number of ether oxygens (including phenoxy) is 1. The molecule has 0 radical (unpaired) electrons. The van der Waals surface area contributed by atoms with E-state index in [1.165, 1.54) is 89.0 Å². The minimum absolute atomic E-state index is 0.383. The van der Waals surface area contributed by atoms with E-state index in [9.17, 15) is 0 Å². The van der Waals surface area contributed by atoms with E-state index in [1.807, 2.05) is 7.11 Å². The third-order valence-corrected chi connectivity index (χ3v) is 9.09. The largest absolute Gasteiger partial charge is 0.380 e. The molecule has 0 bridgehead atoms. The van der Waals surface area contributed by atoms with Gasteiger partial charge in [0.15, 0.2) is 0 Å². The fourth-order valence-corrected chi connectivity index (χ4v) is 6.54. The Morgan fingerprint density at radius 1 is 0.906 bits per heavy atom. The van der Waals surface area contributed by atoms with Crippen LogP contribution >= 0.6 is 0 Å². The van der Waals surface area contributed by atoms with Gasteiger partial charge in [0.05, 0.1) is 6.10 Å². The van der Waals surface area contributed by atoms with Crippen LogP contribution in [0.15, 0.2) is 18.2 Å². The first-order valence-corrected chi connectivity index (χ1v) is 13.5. The number of piperazine rings is 1. The molecule has 1 aromatic rings. The third-order valence-electron chi connectivity index (χ3n) is 9.09. The summed E-state index contributed by atoms with van der Waals surface area (Å²) in [5.41, 5.74) is 5.17. The van der Waals surface area contributed by atoms with Crippen LogP contribution in [-0.2, 0) is 4.74 Å². The first-order valence-electron chi connectivity index (χ1n) is 13.5. The minimum Gasteiger partial charge on any atom is -0.380 e. The Morgan fingerprint density at radius 2 is 1.62 bits per heavy atom. The van der Waals surface area contributed by atoms with Gasteiger partial charge in [-0.25, -0.2) is 0 Å². The summed E-state index contributed by atoms with van der Waals surface area (Å²) in [7, 11) is 1.86. The first-order chi connectivity index (χ1) is 15.6. The van der Waals surface area contributed by atoms with Gasteiger partial charge in [-0.2, -0.15) is 0 Å². The standard InChI is InChI=1S/C28H47N3O/c1-5-15-29-17-19-30(20-18-29)27-9-8-24(31-16-12-25(22-31)32-4)21-26(27)23-10-13-28(6-2,7-3)14-11-23/h8-9,21,23,25H,5-7,10-20,22H2,1-4H3/t25-/m1/s1. The summed E-state index contributed by atoms with van der Waals surface area (Å²) >= 11 is 0. The van der Waals surface area contributed by atoms with Crippen LogP contribution in [0.3, 0.4) is 0 Å². The molecule has 4 nitrogen and oxygen atoms in total. The Hall–Kier alpha value is -1.26. The predicted molar refractivity (Wildman–Crippen MR) is 137 cm³/mol. The summed E-state index contributed by atoms with van der Waals surface area (Å²) in [6.45, 7) is 15.3. The molecular weight excluding hydrogens is 394 g/mol. The fourth-order valence-electron chi connectivity index (χ4n) is 6.54. The van der Waals surface area contributed by atoms with E-state index in [4.69, 9.17) is 4.74 Å². The maximum atomic E-state index is 5.65. The molecule has 0 spiro atoms. The number of anilines is 2. The van der Waals surface area contributed by atoms with E-state index in [0.717, 1.165) is 19.5 Å². The Morgan fingerprint density at radius 3 is 2.22 bits per heavy atom. The molecule has 2 heterocycles. The average Bonchev–Trinajstić information content (AvgIpc) is 3.34. The van der Waals surface area contributed by atoms with Crippen molar-refractivity contribution in [1.29, 1.82) is 0 Å². The molecule has 1 atom stereocenters. The molecule has 0 aromatic heterocycles. The molecule has 0 N–H and O–H groups in total. The van der Waals surface area contributed by atoms with Crippen LogP contribution in [0.5, 0.6) is 0 Å². The molecule has 1 aliphatic carbocycles.